The molecule has 5 rings (SSSR count). The van der Waals surface area contributed by atoms with E-state index in [1.165, 1.54) is 12.0 Å². The number of nitrogens with zero attached hydrogens (tertiary/aromatic N) is 3. The van der Waals surface area contributed by atoms with Crippen LogP contribution in [0.4, 0.5) is 5.82 Å². The maximum atomic E-state index is 12.4. The minimum Gasteiger partial charge on any atom is -0.466 e. The van der Waals surface area contributed by atoms with Gasteiger partial charge in [0.1, 0.15) is 10.8 Å². The fourth-order valence-electron chi connectivity index (χ4n) is 4.62. The predicted octanol–water partition coefficient (Wildman–Crippen LogP) is 6.47. The monoisotopic (exact) mass is 532 g/mol. The number of fused-ring (bicyclic) bond motifs is 1. The molecule has 0 amide bonds. The van der Waals surface area contributed by atoms with Crippen LogP contribution in [0.15, 0.2) is 54.0 Å². The number of hydrogen-bond acceptors (Lipinski definition) is 8. The molecule has 6 nitrogen and oxygen atoms in total. The van der Waals surface area contributed by atoms with E-state index in [1.807, 2.05) is 31.3 Å². The summed E-state index contributed by atoms with van der Waals surface area (Å²) >= 11 is 3.35. The van der Waals surface area contributed by atoms with Gasteiger partial charge >= 0.3 is 5.97 Å². The first-order valence-corrected chi connectivity index (χ1v) is 14.7. The van der Waals surface area contributed by atoms with E-state index >= 15 is 0 Å². The Labute approximate surface area is 226 Å². The minimum atomic E-state index is -0.176. The number of hydrogen-bond donors (Lipinski definition) is 1. The Morgan fingerprint density at radius 1 is 1.11 bits per heavy atom. The molecule has 0 bridgehead atoms. The number of nitrogens with one attached hydrogen (secondary N) is 1. The molecule has 3 aromatic heterocycles. The van der Waals surface area contributed by atoms with E-state index in [1.54, 1.807) is 22.7 Å². The van der Waals surface area contributed by atoms with E-state index in [2.05, 4.69) is 39.9 Å². The highest BCUT2D eigenvalue weighted by atomic mass is 32.1. The fraction of sp³-hybridized carbons (Fsp3) is 0.379. The molecule has 1 unspecified atom stereocenters. The lowest BCUT2D eigenvalue weighted by atomic mass is 9.98. The molecule has 1 aromatic carbocycles. The van der Waals surface area contributed by atoms with Crippen molar-refractivity contribution >= 4 is 34.5 Å². The Kier molecular flexibility index (Phi) is 8.58. The summed E-state index contributed by atoms with van der Waals surface area (Å²) in [5.74, 6) is 0.882. The van der Waals surface area contributed by atoms with E-state index in [0.717, 1.165) is 69.9 Å². The molecule has 1 aliphatic heterocycles. The van der Waals surface area contributed by atoms with Crippen LogP contribution in [0.1, 0.15) is 58.9 Å². The Morgan fingerprint density at radius 2 is 2.00 bits per heavy atom. The summed E-state index contributed by atoms with van der Waals surface area (Å²) in [4.78, 5) is 27.9. The van der Waals surface area contributed by atoms with Crippen molar-refractivity contribution in [2.45, 2.75) is 57.8 Å². The first-order valence-electron chi connectivity index (χ1n) is 13.0. The molecule has 1 N–H and O–H groups in total. The molecule has 37 heavy (non-hydrogen) atoms. The average Bonchev–Trinajstić information content (AvgIpc) is 3.59. The molecular formula is C29H32N4O2S2. The summed E-state index contributed by atoms with van der Waals surface area (Å²) in [6.45, 7) is 3.24. The van der Waals surface area contributed by atoms with E-state index < -0.39 is 0 Å². The smallest absolute Gasteiger partial charge is 0.306 e. The third-order valence-corrected chi connectivity index (χ3v) is 8.66. The number of rotatable bonds is 11. The number of carbonyl (C=O) groups excluding carboxylic acids is 1. The molecular weight excluding hydrogens is 500 g/mol. The molecule has 4 aromatic rings. The Morgan fingerprint density at radius 3 is 2.86 bits per heavy atom. The van der Waals surface area contributed by atoms with Crippen molar-refractivity contribution in [3.05, 3.63) is 80.9 Å². The van der Waals surface area contributed by atoms with Crippen molar-refractivity contribution in [2.75, 3.05) is 18.5 Å². The quantitative estimate of drug-likeness (QED) is 0.223. The molecule has 0 saturated carbocycles. The fourth-order valence-corrected chi connectivity index (χ4v) is 6.50. The number of esters is 1. The van der Waals surface area contributed by atoms with Gasteiger partial charge in [0.25, 0.3) is 0 Å². The SMILES string of the molecule is CCOC(=O)CC(Cc1csc(CCCc2ccc3c(n2)NCCC3)n1)c1cnc(-c2ccccc2)s1. The Bertz CT molecular complexity index is 1320. The van der Waals surface area contributed by atoms with Crippen LogP contribution in [-0.2, 0) is 35.2 Å². The zero-order valence-electron chi connectivity index (χ0n) is 21.1. The second kappa shape index (κ2) is 12.4. The molecule has 4 heterocycles. The summed E-state index contributed by atoms with van der Waals surface area (Å²) in [5.41, 5.74) is 4.58. The number of pyridine rings is 1. The lowest BCUT2D eigenvalue weighted by Gasteiger charge is -2.17. The van der Waals surface area contributed by atoms with Gasteiger partial charge in [0.15, 0.2) is 0 Å². The average molecular weight is 533 g/mol. The van der Waals surface area contributed by atoms with Crippen LogP contribution < -0.4 is 5.32 Å². The van der Waals surface area contributed by atoms with E-state index in [-0.39, 0.29) is 11.9 Å². The van der Waals surface area contributed by atoms with E-state index in [4.69, 9.17) is 14.7 Å². The highest BCUT2D eigenvalue weighted by molar-refractivity contribution is 7.15. The largest absolute Gasteiger partial charge is 0.466 e. The minimum absolute atomic E-state index is 0.00356. The highest BCUT2D eigenvalue weighted by Gasteiger charge is 2.22. The maximum Gasteiger partial charge on any atom is 0.306 e. The number of benzene rings is 1. The van der Waals surface area contributed by atoms with Crippen LogP contribution in [0.3, 0.4) is 0 Å². The van der Waals surface area contributed by atoms with E-state index in [0.29, 0.717) is 19.4 Å². The predicted molar refractivity (Wildman–Crippen MR) is 150 cm³/mol. The number of aryl methyl sites for hydroxylation is 3. The lowest BCUT2D eigenvalue weighted by Crippen LogP contribution is -2.14. The second-order valence-electron chi connectivity index (χ2n) is 9.27. The van der Waals surface area contributed by atoms with Crippen molar-refractivity contribution in [3.8, 4) is 10.6 Å². The van der Waals surface area contributed by atoms with Crippen molar-refractivity contribution in [3.63, 3.8) is 0 Å². The second-order valence-corrected chi connectivity index (χ2v) is 11.3. The van der Waals surface area contributed by atoms with Crippen LogP contribution in [0.2, 0.25) is 0 Å². The van der Waals surface area contributed by atoms with Gasteiger partial charge in [0, 0.05) is 40.2 Å². The molecule has 0 aliphatic carbocycles. The van der Waals surface area contributed by atoms with Crippen LogP contribution in [0.5, 0.6) is 0 Å². The zero-order valence-corrected chi connectivity index (χ0v) is 22.7. The standard InChI is InChI=1S/C29H32N4O2S2/c1-2-35-27(34)17-22(25-18-31-29(37-25)21-8-4-3-5-9-21)16-24-19-36-26(32-24)12-6-11-23-14-13-20-10-7-15-30-28(20)33-23/h3-5,8-9,13-14,18-19,22H,2,6-7,10-12,15-17H2,1H3,(H,30,33). The van der Waals surface area contributed by atoms with Gasteiger partial charge in [-0.2, -0.15) is 0 Å². The summed E-state index contributed by atoms with van der Waals surface area (Å²) in [6.07, 6.45) is 8.11. The van der Waals surface area contributed by atoms with Crippen LogP contribution in [0.25, 0.3) is 10.6 Å². The first kappa shape index (κ1) is 25.5. The molecule has 8 heteroatoms. The normalized spacial score (nSPS) is 13.5. The molecule has 0 saturated heterocycles. The van der Waals surface area contributed by atoms with Crippen molar-refractivity contribution in [1.29, 1.82) is 0 Å². The summed E-state index contributed by atoms with van der Waals surface area (Å²) in [5, 5.41) is 7.65. The molecule has 1 aliphatic rings. The summed E-state index contributed by atoms with van der Waals surface area (Å²) in [6, 6.07) is 14.5. The zero-order chi connectivity index (χ0) is 25.5. The number of ether oxygens (including phenoxy) is 1. The van der Waals surface area contributed by atoms with Gasteiger partial charge in [-0.05, 0) is 57.1 Å². The van der Waals surface area contributed by atoms with Gasteiger partial charge in [-0.25, -0.2) is 15.0 Å². The third-order valence-electron chi connectivity index (χ3n) is 6.50. The number of thiazole rings is 2. The number of aromatic nitrogens is 3. The summed E-state index contributed by atoms with van der Waals surface area (Å²) in [7, 11) is 0. The van der Waals surface area contributed by atoms with E-state index in [9.17, 15) is 4.79 Å². The van der Waals surface area contributed by atoms with Gasteiger partial charge in [-0.3, -0.25) is 4.79 Å². The first-order chi connectivity index (χ1) is 18.2. The molecule has 0 radical (unpaired) electrons. The van der Waals surface area contributed by atoms with Gasteiger partial charge in [-0.1, -0.05) is 36.4 Å². The Balaban J connectivity index is 1.22. The van der Waals surface area contributed by atoms with Gasteiger partial charge in [0.2, 0.25) is 0 Å². The van der Waals surface area contributed by atoms with Crippen molar-refractivity contribution in [2.24, 2.45) is 0 Å². The van der Waals surface area contributed by atoms with Gasteiger partial charge in [-0.15, -0.1) is 22.7 Å². The van der Waals surface area contributed by atoms with Crippen LogP contribution >= 0.6 is 22.7 Å². The third kappa shape index (κ3) is 6.81. The lowest BCUT2D eigenvalue weighted by molar-refractivity contribution is -0.143. The summed E-state index contributed by atoms with van der Waals surface area (Å²) < 4.78 is 5.28. The Hall–Kier alpha value is -3.10. The van der Waals surface area contributed by atoms with Crippen molar-refractivity contribution in [1.82, 2.24) is 15.0 Å². The maximum absolute atomic E-state index is 12.4. The number of anilines is 1. The highest BCUT2D eigenvalue weighted by Crippen LogP contribution is 2.34. The van der Waals surface area contributed by atoms with Crippen molar-refractivity contribution < 1.29 is 9.53 Å². The van der Waals surface area contributed by atoms with Crippen LogP contribution in [0, 0.1) is 0 Å². The topological polar surface area (TPSA) is 77.0 Å². The number of carbonyl (C=O) groups is 1. The molecule has 1 atom stereocenters. The molecule has 192 valence electrons. The molecule has 0 spiro atoms. The van der Waals surface area contributed by atoms with Gasteiger partial charge < -0.3 is 10.1 Å². The molecule has 0 fully saturated rings. The van der Waals surface area contributed by atoms with Crippen LogP contribution in [-0.4, -0.2) is 34.1 Å². The van der Waals surface area contributed by atoms with Gasteiger partial charge in [0.05, 0.1) is 23.7 Å².